The normalized spacial score (nSPS) is 11.1. The summed E-state index contributed by atoms with van der Waals surface area (Å²) in [7, 11) is 0. The molecule has 0 fully saturated rings. The molecule has 0 saturated heterocycles. The Bertz CT molecular complexity index is 1240. The van der Waals surface area contributed by atoms with E-state index in [0.29, 0.717) is 39.4 Å². The number of carbonyl (C=O) groups is 2. The monoisotopic (exact) mass is 418 g/mol. The highest BCUT2D eigenvalue weighted by Crippen LogP contribution is 2.26. The van der Waals surface area contributed by atoms with Gasteiger partial charge in [-0.2, -0.15) is 0 Å². The summed E-state index contributed by atoms with van der Waals surface area (Å²) >= 11 is 0. The summed E-state index contributed by atoms with van der Waals surface area (Å²) < 4.78 is 10.5. The molecule has 4 rings (SSSR count). The van der Waals surface area contributed by atoms with Crippen LogP contribution in [0, 0.1) is 6.92 Å². The number of amides is 2. The van der Waals surface area contributed by atoms with Crippen LogP contribution >= 0.6 is 0 Å². The molecule has 8 heteroatoms. The van der Waals surface area contributed by atoms with Crippen molar-refractivity contribution in [1.29, 1.82) is 0 Å². The number of furan rings is 1. The Kier molecular flexibility index (Phi) is 5.53. The number of para-hydroxylation sites is 1. The molecule has 0 radical (unpaired) electrons. The van der Waals surface area contributed by atoms with Gasteiger partial charge < -0.3 is 19.6 Å². The maximum Gasteiger partial charge on any atom is 0.259 e. The molecule has 0 spiro atoms. The first-order valence-electron chi connectivity index (χ1n) is 9.92. The minimum absolute atomic E-state index is 0.0982. The first-order chi connectivity index (χ1) is 14.9. The Morgan fingerprint density at radius 2 is 1.87 bits per heavy atom. The number of fused-ring (bicyclic) bond motifs is 1. The highest BCUT2D eigenvalue weighted by molar-refractivity contribution is 6.14. The van der Waals surface area contributed by atoms with Crippen molar-refractivity contribution in [2.45, 2.75) is 33.2 Å². The van der Waals surface area contributed by atoms with Crippen molar-refractivity contribution in [3.63, 3.8) is 0 Å². The predicted octanol–water partition coefficient (Wildman–Crippen LogP) is 4.43. The summed E-state index contributed by atoms with van der Waals surface area (Å²) in [5.41, 5.74) is 2.76. The first kappa shape index (κ1) is 20.3. The van der Waals surface area contributed by atoms with Gasteiger partial charge in [-0.05, 0) is 43.2 Å². The Labute approximate surface area is 178 Å². The van der Waals surface area contributed by atoms with Crippen LogP contribution in [0.2, 0.25) is 0 Å². The Morgan fingerprint density at radius 3 is 2.61 bits per heavy atom. The molecule has 0 saturated carbocycles. The lowest BCUT2D eigenvalue weighted by Crippen LogP contribution is -2.24. The molecule has 0 aliphatic carbocycles. The third kappa shape index (κ3) is 4.18. The number of pyridine rings is 1. The number of hydrogen-bond acceptors (Lipinski definition) is 6. The largest absolute Gasteiger partial charge is 0.467 e. The van der Waals surface area contributed by atoms with Gasteiger partial charge in [0.15, 0.2) is 0 Å². The summed E-state index contributed by atoms with van der Waals surface area (Å²) in [6.45, 7) is 5.97. The molecule has 4 aromatic rings. The number of hydrogen-bond donors (Lipinski definition) is 2. The number of aromatic nitrogens is 2. The molecule has 2 amide bonds. The van der Waals surface area contributed by atoms with E-state index >= 15 is 0 Å². The Hall–Kier alpha value is -3.94. The van der Waals surface area contributed by atoms with Gasteiger partial charge in [-0.3, -0.25) is 9.59 Å². The quantitative estimate of drug-likeness (QED) is 0.479. The zero-order valence-electron chi connectivity index (χ0n) is 17.4. The van der Waals surface area contributed by atoms with Gasteiger partial charge in [0.2, 0.25) is 0 Å². The van der Waals surface area contributed by atoms with Gasteiger partial charge >= 0.3 is 0 Å². The molecule has 1 aromatic carbocycles. The molecular formula is C23H22N4O4. The Morgan fingerprint density at radius 1 is 1.06 bits per heavy atom. The lowest BCUT2D eigenvalue weighted by Gasteiger charge is -2.13. The van der Waals surface area contributed by atoms with Crippen molar-refractivity contribution in [3.05, 3.63) is 77.0 Å². The summed E-state index contributed by atoms with van der Waals surface area (Å²) in [6, 6.07) is 12.1. The summed E-state index contributed by atoms with van der Waals surface area (Å²) in [5.74, 6) is 0.0438. The fraction of sp³-hybridized carbons (Fsp3) is 0.217. The van der Waals surface area contributed by atoms with Gasteiger partial charge in [0.05, 0.1) is 40.7 Å². The summed E-state index contributed by atoms with van der Waals surface area (Å²) in [4.78, 5) is 30.4. The van der Waals surface area contributed by atoms with Gasteiger partial charge in [0, 0.05) is 5.69 Å². The zero-order valence-corrected chi connectivity index (χ0v) is 17.4. The van der Waals surface area contributed by atoms with E-state index in [1.165, 1.54) is 0 Å². The SMILES string of the molecule is Cc1noc2nc(C(C)C)cc(C(=O)Nc3ccccc3C(=O)NCc3ccco3)c12. The molecule has 31 heavy (non-hydrogen) atoms. The Balaban J connectivity index is 1.62. The minimum Gasteiger partial charge on any atom is -0.467 e. The van der Waals surface area contributed by atoms with E-state index in [1.54, 1.807) is 55.7 Å². The van der Waals surface area contributed by atoms with E-state index in [4.69, 9.17) is 8.94 Å². The van der Waals surface area contributed by atoms with E-state index in [-0.39, 0.29) is 24.3 Å². The van der Waals surface area contributed by atoms with Crippen LogP contribution in [0.1, 0.15) is 57.6 Å². The number of nitrogens with zero attached hydrogens (tertiary/aromatic N) is 2. The fourth-order valence-corrected chi connectivity index (χ4v) is 3.24. The van der Waals surface area contributed by atoms with Gasteiger partial charge in [-0.15, -0.1) is 0 Å². The first-order valence-corrected chi connectivity index (χ1v) is 9.92. The van der Waals surface area contributed by atoms with Crippen molar-refractivity contribution in [2.24, 2.45) is 0 Å². The second-order valence-corrected chi connectivity index (χ2v) is 7.46. The van der Waals surface area contributed by atoms with Crippen LogP contribution in [0.15, 0.2) is 57.7 Å². The third-order valence-corrected chi connectivity index (χ3v) is 4.90. The predicted molar refractivity (Wildman–Crippen MR) is 115 cm³/mol. The van der Waals surface area contributed by atoms with Crippen molar-refractivity contribution < 1.29 is 18.5 Å². The maximum absolute atomic E-state index is 13.2. The lowest BCUT2D eigenvalue weighted by atomic mass is 10.0. The number of aryl methyl sites for hydroxylation is 1. The summed E-state index contributed by atoms with van der Waals surface area (Å²) in [6.07, 6.45) is 1.54. The molecule has 2 N–H and O–H groups in total. The van der Waals surface area contributed by atoms with Crippen LogP contribution < -0.4 is 10.6 Å². The van der Waals surface area contributed by atoms with Crippen LogP contribution in [-0.4, -0.2) is 22.0 Å². The summed E-state index contributed by atoms with van der Waals surface area (Å²) in [5, 5.41) is 10.2. The van der Waals surface area contributed by atoms with Gasteiger partial charge in [0.25, 0.3) is 17.5 Å². The molecular weight excluding hydrogens is 396 g/mol. The van der Waals surface area contributed by atoms with E-state index in [0.717, 1.165) is 5.69 Å². The van der Waals surface area contributed by atoms with Gasteiger partial charge in [-0.1, -0.05) is 31.1 Å². The molecule has 0 atom stereocenters. The number of benzene rings is 1. The van der Waals surface area contributed by atoms with E-state index in [9.17, 15) is 9.59 Å². The molecule has 3 heterocycles. The van der Waals surface area contributed by atoms with Crippen molar-refractivity contribution in [2.75, 3.05) is 5.32 Å². The van der Waals surface area contributed by atoms with E-state index in [1.807, 2.05) is 13.8 Å². The van der Waals surface area contributed by atoms with Crippen LogP contribution in [0.5, 0.6) is 0 Å². The molecule has 0 aliphatic rings. The third-order valence-electron chi connectivity index (χ3n) is 4.90. The van der Waals surface area contributed by atoms with Crippen molar-refractivity contribution in [1.82, 2.24) is 15.5 Å². The number of rotatable bonds is 6. The maximum atomic E-state index is 13.2. The highest BCUT2D eigenvalue weighted by Gasteiger charge is 2.21. The average molecular weight is 418 g/mol. The fourth-order valence-electron chi connectivity index (χ4n) is 3.24. The van der Waals surface area contributed by atoms with E-state index < -0.39 is 0 Å². The molecule has 0 bridgehead atoms. The molecule has 158 valence electrons. The van der Waals surface area contributed by atoms with Gasteiger partial charge in [0.1, 0.15) is 5.76 Å². The highest BCUT2D eigenvalue weighted by atomic mass is 16.5. The lowest BCUT2D eigenvalue weighted by molar-refractivity contribution is 0.0949. The second-order valence-electron chi connectivity index (χ2n) is 7.46. The molecule has 8 nitrogen and oxygen atoms in total. The van der Waals surface area contributed by atoms with Crippen LogP contribution in [0.25, 0.3) is 11.1 Å². The number of nitrogens with one attached hydrogen (secondary N) is 2. The molecule has 3 aromatic heterocycles. The number of anilines is 1. The van der Waals surface area contributed by atoms with Gasteiger partial charge in [-0.25, -0.2) is 4.98 Å². The number of carbonyl (C=O) groups excluding carboxylic acids is 2. The van der Waals surface area contributed by atoms with Crippen molar-refractivity contribution >= 4 is 28.6 Å². The average Bonchev–Trinajstić information content (AvgIpc) is 3.41. The standard InChI is InChI=1S/C23H22N4O4/c1-13(2)19-11-17(20-14(3)27-31-23(20)26-19)22(29)25-18-9-5-4-8-16(18)21(28)24-12-15-7-6-10-30-15/h4-11,13H,12H2,1-3H3,(H,24,28)(H,25,29). The van der Waals surface area contributed by atoms with E-state index in [2.05, 4.69) is 20.8 Å². The molecule has 0 aliphatic heterocycles. The van der Waals surface area contributed by atoms with Crippen LogP contribution in [0.3, 0.4) is 0 Å². The second kappa shape index (κ2) is 8.43. The minimum atomic E-state index is -0.369. The van der Waals surface area contributed by atoms with Crippen molar-refractivity contribution in [3.8, 4) is 0 Å². The van der Waals surface area contributed by atoms with Crippen LogP contribution in [-0.2, 0) is 6.54 Å². The topological polar surface area (TPSA) is 110 Å². The van der Waals surface area contributed by atoms with Crippen LogP contribution in [0.4, 0.5) is 5.69 Å². The molecule has 0 unspecified atom stereocenters. The zero-order chi connectivity index (χ0) is 22.0. The smallest absolute Gasteiger partial charge is 0.259 e.